The smallest absolute Gasteiger partial charge is 0.320 e. The number of para-hydroxylation sites is 1. The monoisotopic (exact) mass is 238 g/mol. The number of nitrogens with one attached hydrogen (secondary N) is 1. The summed E-state index contributed by atoms with van der Waals surface area (Å²) in [7, 11) is 0. The van der Waals surface area contributed by atoms with Gasteiger partial charge in [0.15, 0.2) is 0 Å². The van der Waals surface area contributed by atoms with Crippen molar-refractivity contribution in [2.75, 3.05) is 11.9 Å². The highest BCUT2D eigenvalue weighted by Gasteiger charge is 2.14. The summed E-state index contributed by atoms with van der Waals surface area (Å²) in [6, 6.07) is 9.47. The number of carbonyl (C=O) groups is 1. The van der Waals surface area contributed by atoms with Gasteiger partial charge in [-0.25, -0.2) is 0 Å². The Morgan fingerprint density at radius 1 is 1.35 bits per heavy atom. The van der Waals surface area contributed by atoms with Crippen molar-refractivity contribution < 1.29 is 9.90 Å². The van der Waals surface area contributed by atoms with Gasteiger partial charge in [-0.1, -0.05) is 32.0 Å². The van der Waals surface area contributed by atoms with Crippen molar-refractivity contribution in [1.29, 1.82) is 0 Å². The first-order chi connectivity index (χ1) is 7.99. The molecule has 0 spiro atoms. The molecule has 0 radical (unpaired) electrons. The molecule has 96 valence electrons. The maximum absolute atomic E-state index is 10.0. The molecule has 1 atom stereocenters. The van der Waals surface area contributed by atoms with E-state index in [1.807, 2.05) is 18.2 Å². The molecule has 0 aromatic heterocycles. The molecule has 4 heteroatoms. The average molecular weight is 238 g/mol. The summed E-state index contributed by atoms with van der Waals surface area (Å²) in [5, 5.41) is 11.4. The second kappa shape index (κ2) is 8.58. The Balaban J connectivity index is 0.000000304. The summed E-state index contributed by atoms with van der Waals surface area (Å²) in [5.74, 6) is -0.910. The minimum Gasteiger partial charge on any atom is -0.480 e. The van der Waals surface area contributed by atoms with Crippen molar-refractivity contribution in [1.82, 2.24) is 0 Å². The molecule has 0 heterocycles. The van der Waals surface area contributed by atoms with Crippen LogP contribution < -0.4 is 11.1 Å². The molecular weight excluding hydrogens is 216 g/mol. The van der Waals surface area contributed by atoms with Gasteiger partial charge >= 0.3 is 5.97 Å². The molecular formula is C13H22N2O2. The molecule has 4 N–H and O–H groups in total. The van der Waals surface area contributed by atoms with Crippen LogP contribution in [0.2, 0.25) is 0 Å². The fourth-order valence-corrected chi connectivity index (χ4v) is 1.05. The predicted octanol–water partition coefficient (Wildman–Crippen LogP) is 2.17. The molecule has 4 nitrogen and oxygen atoms in total. The standard InChI is InChI=1S/C8H11N.C5H11NO2/c1-2-9-8-6-4-3-5-7-8;1-3(2)4(6)5(7)8/h3-7,9H,2H2,1H3;3-4H,6H2,1-2H3,(H,7,8)/t;4-/m.0/s1. The maximum atomic E-state index is 10.0. The third-order valence-corrected chi connectivity index (χ3v) is 2.16. The Morgan fingerprint density at radius 2 is 1.88 bits per heavy atom. The van der Waals surface area contributed by atoms with Crippen LogP contribution in [0.3, 0.4) is 0 Å². The van der Waals surface area contributed by atoms with Crippen LogP contribution in [0.5, 0.6) is 0 Å². The molecule has 0 unspecified atom stereocenters. The first-order valence-corrected chi connectivity index (χ1v) is 5.76. The average Bonchev–Trinajstić information content (AvgIpc) is 2.30. The number of benzene rings is 1. The minimum atomic E-state index is -0.931. The predicted molar refractivity (Wildman–Crippen MR) is 71.1 cm³/mol. The number of anilines is 1. The van der Waals surface area contributed by atoms with Crippen LogP contribution in [0.4, 0.5) is 5.69 Å². The van der Waals surface area contributed by atoms with E-state index < -0.39 is 12.0 Å². The Morgan fingerprint density at radius 3 is 2.18 bits per heavy atom. The largest absolute Gasteiger partial charge is 0.480 e. The normalized spacial score (nSPS) is 11.4. The first kappa shape index (κ1) is 15.4. The van der Waals surface area contributed by atoms with Gasteiger partial charge in [0.25, 0.3) is 0 Å². The molecule has 0 fully saturated rings. The zero-order chi connectivity index (χ0) is 13.3. The molecule has 0 amide bonds. The second-order valence-corrected chi connectivity index (χ2v) is 4.00. The van der Waals surface area contributed by atoms with Gasteiger partial charge in [0, 0.05) is 12.2 Å². The summed E-state index contributed by atoms with van der Waals surface area (Å²) in [6.07, 6.45) is 0. The lowest BCUT2D eigenvalue weighted by atomic mass is 10.1. The highest BCUT2D eigenvalue weighted by Crippen LogP contribution is 2.02. The van der Waals surface area contributed by atoms with Gasteiger partial charge in [-0.3, -0.25) is 4.79 Å². The molecule has 1 aromatic rings. The van der Waals surface area contributed by atoms with Crippen LogP contribution in [0, 0.1) is 5.92 Å². The van der Waals surface area contributed by atoms with Gasteiger partial charge in [0.2, 0.25) is 0 Å². The Labute approximate surface area is 103 Å². The quantitative estimate of drug-likeness (QED) is 0.751. The molecule has 1 aromatic carbocycles. The van der Waals surface area contributed by atoms with Gasteiger partial charge < -0.3 is 16.2 Å². The van der Waals surface area contributed by atoms with E-state index in [0.717, 1.165) is 6.54 Å². The van der Waals surface area contributed by atoms with Gasteiger partial charge in [-0.15, -0.1) is 0 Å². The van der Waals surface area contributed by atoms with Gasteiger partial charge in [-0.2, -0.15) is 0 Å². The molecule has 17 heavy (non-hydrogen) atoms. The van der Waals surface area contributed by atoms with Crippen LogP contribution in [0.25, 0.3) is 0 Å². The summed E-state index contributed by atoms with van der Waals surface area (Å²) in [6.45, 7) is 6.63. The van der Waals surface area contributed by atoms with Crippen molar-refractivity contribution in [3.05, 3.63) is 30.3 Å². The molecule has 1 rings (SSSR count). The number of nitrogens with two attached hydrogens (primary N) is 1. The van der Waals surface area contributed by atoms with Crippen molar-refractivity contribution in [2.45, 2.75) is 26.8 Å². The summed E-state index contributed by atoms with van der Waals surface area (Å²) in [5.41, 5.74) is 6.35. The molecule has 0 aliphatic heterocycles. The Hall–Kier alpha value is -1.55. The molecule has 0 aliphatic rings. The Kier molecular flexibility index (Phi) is 7.80. The van der Waals surface area contributed by atoms with Crippen molar-refractivity contribution in [2.24, 2.45) is 11.7 Å². The highest BCUT2D eigenvalue weighted by atomic mass is 16.4. The fourth-order valence-electron chi connectivity index (χ4n) is 1.05. The van der Waals surface area contributed by atoms with Crippen LogP contribution in [-0.4, -0.2) is 23.7 Å². The summed E-state index contributed by atoms with van der Waals surface area (Å²) in [4.78, 5) is 10.0. The highest BCUT2D eigenvalue weighted by molar-refractivity contribution is 5.73. The number of hydrogen-bond acceptors (Lipinski definition) is 3. The summed E-state index contributed by atoms with van der Waals surface area (Å²) >= 11 is 0. The Bertz CT molecular complexity index is 312. The van der Waals surface area contributed by atoms with Crippen LogP contribution in [-0.2, 0) is 4.79 Å². The molecule has 0 saturated heterocycles. The van der Waals surface area contributed by atoms with E-state index in [2.05, 4.69) is 24.4 Å². The fraction of sp³-hybridized carbons (Fsp3) is 0.462. The van der Waals surface area contributed by atoms with Gasteiger partial charge in [-0.05, 0) is 25.0 Å². The zero-order valence-electron chi connectivity index (χ0n) is 10.7. The van der Waals surface area contributed by atoms with Gasteiger partial charge in [0.1, 0.15) is 6.04 Å². The first-order valence-electron chi connectivity index (χ1n) is 5.76. The maximum Gasteiger partial charge on any atom is 0.320 e. The van der Waals surface area contributed by atoms with Crippen LogP contribution in [0.15, 0.2) is 30.3 Å². The lowest BCUT2D eigenvalue weighted by Gasteiger charge is -2.07. The number of carboxylic acid groups (broad SMARTS) is 1. The van der Waals surface area contributed by atoms with Crippen LogP contribution >= 0.6 is 0 Å². The van der Waals surface area contributed by atoms with Gasteiger partial charge in [0.05, 0.1) is 0 Å². The second-order valence-electron chi connectivity index (χ2n) is 4.00. The lowest BCUT2D eigenvalue weighted by Crippen LogP contribution is -2.34. The number of carboxylic acids is 1. The third kappa shape index (κ3) is 7.36. The summed E-state index contributed by atoms with van der Waals surface area (Å²) < 4.78 is 0. The van der Waals surface area contributed by atoms with Crippen molar-refractivity contribution >= 4 is 11.7 Å². The van der Waals surface area contributed by atoms with E-state index in [9.17, 15) is 4.79 Å². The van der Waals surface area contributed by atoms with E-state index in [4.69, 9.17) is 10.8 Å². The van der Waals surface area contributed by atoms with E-state index in [1.165, 1.54) is 5.69 Å². The number of hydrogen-bond donors (Lipinski definition) is 3. The number of rotatable bonds is 4. The lowest BCUT2D eigenvalue weighted by molar-refractivity contribution is -0.139. The third-order valence-electron chi connectivity index (χ3n) is 2.16. The van der Waals surface area contributed by atoms with E-state index >= 15 is 0 Å². The minimum absolute atomic E-state index is 0.0208. The molecule has 0 saturated carbocycles. The van der Waals surface area contributed by atoms with E-state index in [-0.39, 0.29) is 5.92 Å². The molecule has 0 aliphatic carbocycles. The van der Waals surface area contributed by atoms with E-state index in [0.29, 0.717) is 0 Å². The van der Waals surface area contributed by atoms with Crippen molar-refractivity contribution in [3.8, 4) is 0 Å². The van der Waals surface area contributed by atoms with Crippen LogP contribution in [0.1, 0.15) is 20.8 Å². The van der Waals surface area contributed by atoms with E-state index in [1.54, 1.807) is 13.8 Å². The number of aliphatic carboxylic acids is 1. The topological polar surface area (TPSA) is 75.4 Å². The zero-order valence-corrected chi connectivity index (χ0v) is 10.7. The SMILES string of the molecule is CC(C)[C@H](N)C(=O)O.CCNc1ccccc1. The van der Waals surface area contributed by atoms with Crippen molar-refractivity contribution in [3.63, 3.8) is 0 Å². The molecule has 0 bridgehead atoms.